The van der Waals surface area contributed by atoms with Crippen LogP contribution in [0.25, 0.3) is 0 Å². The van der Waals surface area contributed by atoms with Gasteiger partial charge >= 0.3 is 0 Å². The third kappa shape index (κ3) is 6.12. The smallest absolute Gasteiger partial charge is 0.0109 e. The Morgan fingerprint density at radius 2 is 1.31 bits per heavy atom. The van der Waals surface area contributed by atoms with E-state index < -0.39 is 0 Å². The lowest BCUT2D eigenvalue weighted by Gasteiger charge is -2.49. The predicted octanol–water partition coefficient (Wildman–Crippen LogP) is 10.7. The van der Waals surface area contributed by atoms with Gasteiger partial charge in [-0.2, -0.15) is 11.8 Å². The van der Waals surface area contributed by atoms with Crippen LogP contribution in [-0.2, 0) is 0 Å². The first-order valence-corrected chi connectivity index (χ1v) is 16.4. The molecule has 3 rings (SSSR count). The molecule has 0 aromatic carbocycles. The van der Waals surface area contributed by atoms with Crippen molar-refractivity contribution in [3.8, 4) is 0 Å². The summed E-state index contributed by atoms with van der Waals surface area (Å²) in [4.78, 5) is 0. The Hall–Kier alpha value is 0.350. The molecule has 0 nitrogen and oxygen atoms in total. The Labute approximate surface area is 207 Å². The van der Waals surface area contributed by atoms with Gasteiger partial charge in [-0.3, -0.25) is 0 Å². The van der Waals surface area contributed by atoms with Crippen LogP contribution >= 0.6 is 11.8 Å². The Bertz CT molecular complexity index is 501. The standard InChI is InChI=1S/C31H58S/c1-5-9-14-23-31(28-19-13-12-17-26(28)27-18-15-20-29(27)31)30(21-11-7-3)32-24-22-25(8-4)16-10-6-2/h25-30H,5-24H2,1-4H3. The summed E-state index contributed by atoms with van der Waals surface area (Å²) in [5.41, 5.74) is 0.701. The molecular formula is C31H58S. The molecule has 0 spiro atoms. The Morgan fingerprint density at radius 1 is 0.688 bits per heavy atom. The van der Waals surface area contributed by atoms with Crippen molar-refractivity contribution < 1.29 is 0 Å². The molecule has 0 amide bonds. The second kappa shape index (κ2) is 14.0. The number of hydrogen-bond donors (Lipinski definition) is 0. The summed E-state index contributed by atoms with van der Waals surface area (Å²) in [5.74, 6) is 6.82. The quantitative estimate of drug-likeness (QED) is 0.205. The van der Waals surface area contributed by atoms with Crippen molar-refractivity contribution >= 4 is 11.8 Å². The highest BCUT2D eigenvalue weighted by atomic mass is 32.2. The molecule has 3 saturated carbocycles. The molecule has 3 aliphatic rings. The number of rotatable bonds is 16. The average molecular weight is 463 g/mol. The van der Waals surface area contributed by atoms with E-state index in [2.05, 4.69) is 39.5 Å². The summed E-state index contributed by atoms with van der Waals surface area (Å²) in [7, 11) is 0. The van der Waals surface area contributed by atoms with E-state index in [4.69, 9.17) is 0 Å². The molecule has 3 fully saturated rings. The lowest BCUT2D eigenvalue weighted by Crippen LogP contribution is -2.44. The number of unbranched alkanes of at least 4 members (excludes halogenated alkanes) is 4. The molecule has 0 radical (unpaired) electrons. The fourth-order valence-corrected chi connectivity index (χ4v) is 10.7. The molecule has 0 aromatic rings. The first-order chi connectivity index (χ1) is 15.7. The van der Waals surface area contributed by atoms with Gasteiger partial charge in [-0.15, -0.1) is 0 Å². The minimum absolute atomic E-state index is 0.701. The third-order valence-electron chi connectivity index (χ3n) is 10.3. The minimum atomic E-state index is 0.701. The van der Waals surface area contributed by atoms with Gasteiger partial charge in [-0.1, -0.05) is 105 Å². The molecule has 3 aliphatic carbocycles. The highest BCUT2D eigenvalue weighted by Gasteiger charge is 2.62. The lowest BCUT2D eigenvalue weighted by atomic mass is 9.61. The molecule has 0 bridgehead atoms. The Balaban J connectivity index is 1.80. The zero-order valence-corrected chi connectivity index (χ0v) is 23.3. The molecule has 0 N–H and O–H groups in total. The van der Waals surface area contributed by atoms with Gasteiger partial charge in [0.05, 0.1) is 0 Å². The van der Waals surface area contributed by atoms with Crippen LogP contribution in [0.15, 0.2) is 0 Å². The number of thioether (sulfide) groups is 1. The fourth-order valence-electron chi connectivity index (χ4n) is 8.79. The van der Waals surface area contributed by atoms with Crippen LogP contribution in [0.1, 0.15) is 150 Å². The normalized spacial score (nSPS) is 33.8. The minimum Gasteiger partial charge on any atom is -0.158 e. The molecule has 1 heteroatoms. The van der Waals surface area contributed by atoms with Gasteiger partial charge in [0.15, 0.2) is 0 Å². The zero-order chi connectivity index (χ0) is 22.8. The zero-order valence-electron chi connectivity index (χ0n) is 22.5. The van der Waals surface area contributed by atoms with Crippen molar-refractivity contribution in [3.05, 3.63) is 0 Å². The van der Waals surface area contributed by atoms with Crippen molar-refractivity contribution in [2.45, 2.75) is 155 Å². The van der Waals surface area contributed by atoms with Crippen molar-refractivity contribution in [2.75, 3.05) is 5.75 Å². The van der Waals surface area contributed by atoms with Crippen LogP contribution < -0.4 is 0 Å². The molecule has 0 aliphatic heterocycles. The van der Waals surface area contributed by atoms with Gasteiger partial charge < -0.3 is 0 Å². The van der Waals surface area contributed by atoms with Gasteiger partial charge in [-0.25, -0.2) is 0 Å². The molecule has 7 unspecified atom stereocenters. The second-order valence-electron chi connectivity index (χ2n) is 12.0. The summed E-state index contributed by atoms with van der Waals surface area (Å²) in [6.45, 7) is 9.65. The van der Waals surface area contributed by atoms with Gasteiger partial charge in [0.25, 0.3) is 0 Å². The highest BCUT2D eigenvalue weighted by molar-refractivity contribution is 7.99. The SMILES string of the molecule is CCCCCC1(C(CCCC)SCCC(CC)CCCC)C2CCCCC2C2CCCC21. The first-order valence-electron chi connectivity index (χ1n) is 15.3. The monoisotopic (exact) mass is 462 g/mol. The van der Waals surface area contributed by atoms with E-state index in [-0.39, 0.29) is 0 Å². The molecule has 188 valence electrons. The van der Waals surface area contributed by atoms with Gasteiger partial charge in [0.2, 0.25) is 0 Å². The van der Waals surface area contributed by atoms with Gasteiger partial charge in [-0.05, 0) is 85.7 Å². The summed E-state index contributed by atoms with van der Waals surface area (Å²) >= 11 is 2.50. The maximum absolute atomic E-state index is 2.50. The van der Waals surface area contributed by atoms with E-state index in [0.717, 1.165) is 34.8 Å². The summed E-state index contributed by atoms with van der Waals surface area (Å²) in [6, 6.07) is 0. The predicted molar refractivity (Wildman–Crippen MR) is 147 cm³/mol. The van der Waals surface area contributed by atoms with Crippen LogP contribution in [0.4, 0.5) is 0 Å². The summed E-state index contributed by atoms with van der Waals surface area (Å²) in [5, 5.41) is 0.960. The molecular weight excluding hydrogens is 404 g/mol. The average Bonchev–Trinajstić information content (AvgIpc) is 3.40. The largest absolute Gasteiger partial charge is 0.158 e. The van der Waals surface area contributed by atoms with Crippen LogP contribution in [0, 0.1) is 35.0 Å². The van der Waals surface area contributed by atoms with E-state index in [1.807, 2.05) is 0 Å². The number of fused-ring (bicyclic) bond motifs is 3. The van der Waals surface area contributed by atoms with Crippen LogP contribution in [0.5, 0.6) is 0 Å². The molecule has 0 aromatic heterocycles. The lowest BCUT2D eigenvalue weighted by molar-refractivity contribution is 0.0681. The van der Waals surface area contributed by atoms with Crippen molar-refractivity contribution in [1.29, 1.82) is 0 Å². The Morgan fingerprint density at radius 3 is 2.00 bits per heavy atom. The molecule has 32 heavy (non-hydrogen) atoms. The van der Waals surface area contributed by atoms with Crippen LogP contribution in [-0.4, -0.2) is 11.0 Å². The maximum Gasteiger partial charge on any atom is 0.0109 e. The van der Waals surface area contributed by atoms with Crippen molar-refractivity contribution in [2.24, 2.45) is 35.0 Å². The molecule has 0 heterocycles. The second-order valence-corrected chi connectivity index (χ2v) is 13.3. The summed E-state index contributed by atoms with van der Waals surface area (Å²) in [6.07, 6.45) is 28.5. The van der Waals surface area contributed by atoms with Crippen molar-refractivity contribution in [1.82, 2.24) is 0 Å². The van der Waals surface area contributed by atoms with E-state index >= 15 is 0 Å². The third-order valence-corrected chi connectivity index (χ3v) is 11.9. The van der Waals surface area contributed by atoms with Gasteiger partial charge in [0.1, 0.15) is 0 Å². The van der Waals surface area contributed by atoms with Crippen molar-refractivity contribution in [3.63, 3.8) is 0 Å². The van der Waals surface area contributed by atoms with E-state index in [9.17, 15) is 0 Å². The maximum atomic E-state index is 2.50. The molecule has 0 saturated heterocycles. The summed E-state index contributed by atoms with van der Waals surface area (Å²) < 4.78 is 0. The number of hydrogen-bond acceptors (Lipinski definition) is 1. The first kappa shape index (κ1) is 26.9. The van der Waals surface area contributed by atoms with Gasteiger partial charge in [0, 0.05) is 5.25 Å². The Kier molecular flexibility index (Phi) is 11.8. The van der Waals surface area contributed by atoms with E-state index in [1.54, 1.807) is 38.5 Å². The topological polar surface area (TPSA) is 0 Å². The van der Waals surface area contributed by atoms with Crippen LogP contribution in [0.3, 0.4) is 0 Å². The highest BCUT2D eigenvalue weighted by Crippen LogP contribution is 2.69. The van der Waals surface area contributed by atoms with Crippen LogP contribution in [0.2, 0.25) is 0 Å². The molecule has 7 atom stereocenters. The van der Waals surface area contributed by atoms with E-state index in [0.29, 0.717) is 5.41 Å². The fraction of sp³-hybridized carbons (Fsp3) is 1.00. The van der Waals surface area contributed by atoms with E-state index in [1.165, 1.54) is 89.2 Å².